The molecule has 0 saturated heterocycles. The zero-order valence-electron chi connectivity index (χ0n) is 24.8. The molecular formula is C35H42ClNO2Si. The number of hydrogen-bond donors (Lipinski definition) is 1. The summed E-state index contributed by atoms with van der Waals surface area (Å²) in [5.41, 5.74) is 5.30. The summed E-state index contributed by atoms with van der Waals surface area (Å²) >= 11 is 6.18. The van der Waals surface area contributed by atoms with E-state index >= 15 is 0 Å². The Hall–Kier alpha value is -2.76. The predicted molar refractivity (Wildman–Crippen MR) is 173 cm³/mol. The molecular weight excluding hydrogens is 530 g/mol. The van der Waals surface area contributed by atoms with E-state index in [1.807, 2.05) is 56.3 Å². The number of aliphatic hydroxyl groups is 1. The highest BCUT2D eigenvalue weighted by Crippen LogP contribution is 2.41. The first-order valence-corrected chi connectivity index (χ1v) is 17.3. The van der Waals surface area contributed by atoms with Gasteiger partial charge in [0.1, 0.15) is 0 Å². The molecule has 0 aliphatic heterocycles. The second-order valence-electron chi connectivity index (χ2n) is 12.7. The lowest BCUT2D eigenvalue weighted by molar-refractivity contribution is 0.0772. The number of nitrogens with zero attached hydrogens (tertiary/aromatic N) is 1. The van der Waals surface area contributed by atoms with Gasteiger partial charge in [-0.25, -0.2) is 4.98 Å². The Bertz CT molecular complexity index is 1500. The van der Waals surface area contributed by atoms with Crippen molar-refractivity contribution >= 4 is 43.0 Å². The summed E-state index contributed by atoms with van der Waals surface area (Å²) in [6.45, 7) is 15.2. The van der Waals surface area contributed by atoms with Crippen LogP contribution in [-0.4, -0.2) is 18.4 Å². The topological polar surface area (TPSA) is 42.4 Å². The highest BCUT2D eigenvalue weighted by Gasteiger charge is 2.39. The summed E-state index contributed by atoms with van der Waals surface area (Å²) in [7, 11) is -2.05. The number of rotatable bonds is 9. The van der Waals surface area contributed by atoms with Crippen molar-refractivity contribution in [2.24, 2.45) is 0 Å². The Morgan fingerprint density at radius 2 is 1.62 bits per heavy atom. The molecule has 5 heteroatoms. The molecule has 0 saturated carbocycles. The van der Waals surface area contributed by atoms with Gasteiger partial charge < -0.3 is 9.53 Å². The minimum atomic E-state index is -2.05. The fraction of sp³-hybridized carbons (Fsp3) is 0.343. The van der Waals surface area contributed by atoms with Crippen molar-refractivity contribution < 1.29 is 9.53 Å². The van der Waals surface area contributed by atoms with Gasteiger partial charge in [-0.3, -0.25) is 0 Å². The Morgan fingerprint density at radius 3 is 2.35 bits per heavy atom. The quantitative estimate of drug-likeness (QED) is 0.203. The summed E-state index contributed by atoms with van der Waals surface area (Å²) in [5.74, 6) is 0. The standard InChI is InChI=1S/C35H42ClNO2Si/c1-34(2,3)40(6,7)39-33(22-18-26-12-8-9-14-31(26)35(4,5)38)28-13-10-11-25(23-28)15-20-30-21-17-27-16-19-29(36)24-32(27)37-30/h8-17,19-21,23-24,33,38H,18,22H2,1-7H3/t33-/m0/s1. The minimum absolute atomic E-state index is 0.0509. The van der Waals surface area contributed by atoms with Gasteiger partial charge >= 0.3 is 0 Å². The molecule has 4 rings (SSSR count). The fourth-order valence-corrected chi connectivity index (χ4v) is 6.18. The van der Waals surface area contributed by atoms with Crippen LogP contribution in [0.2, 0.25) is 23.2 Å². The van der Waals surface area contributed by atoms with Crippen molar-refractivity contribution in [3.8, 4) is 0 Å². The normalized spacial score (nSPS) is 13.7. The summed E-state index contributed by atoms with van der Waals surface area (Å²) in [5, 5.41) is 12.6. The average Bonchev–Trinajstić information content (AvgIpc) is 2.88. The first kappa shape index (κ1) is 30.2. The molecule has 1 aromatic heterocycles. The maximum Gasteiger partial charge on any atom is 0.192 e. The van der Waals surface area contributed by atoms with Gasteiger partial charge in [-0.2, -0.15) is 0 Å². The number of fused-ring (bicyclic) bond motifs is 1. The van der Waals surface area contributed by atoms with Crippen LogP contribution in [0.3, 0.4) is 0 Å². The zero-order valence-corrected chi connectivity index (χ0v) is 26.6. The number of halogens is 1. The van der Waals surface area contributed by atoms with E-state index in [1.54, 1.807) is 0 Å². The van der Waals surface area contributed by atoms with Gasteiger partial charge in [0.25, 0.3) is 0 Å². The lowest BCUT2D eigenvalue weighted by atomic mass is 9.90. The molecule has 3 aromatic carbocycles. The van der Waals surface area contributed by atoms with E-state index in [0.29, 0.717) is 5.02 Å². The summed E-state index contributed by atoms with van der Waals surface area (Å²) in [4.78, 5) is 4.76. The zero-order chi connectivity index (χ0) is 29.1. The van der Waals surface area contributed by atoms with Gasteiger partial charge in [-0.1, -0.05) is 93.0 Å². The maximum absolute atomic E-state index is 10.8. The van der Waals surface area contributed by atoms with E-state index in [-0.39, 0.29) is 11.1 Å². The Morgan fingerprint density at radius 1 is 0.900 bits per heavy atom. The van der Waals surface area contributed by atoms with Crippen molar-refractivity contribution in [2.75, 3.05) is 0 Å². The van der Waals surface area contributed by atoms with Crippen LogP contribution in [0.4, 0.5) is 0 Å². The molecule has 3 nitrogen and oxygen atoms in total. The SMILES string of the molecule is CC(C)(O)c1ccccc1CC[C@H](O[Si](C)(C)C(C)(C)C)c1cccc(C=Cc2ccc3ccc(Cl)cc3n2)c1. The maximum atomic E-state index is 10.8. The molecule has 0 bridgehead atoms. The molecule has 0 spiro atoms. The van der Waals surface area contributed by atoms with Crippen LogP contribution in [0, 0.1) is 0 Å². The molecule has 1 N–H and O–H groups in total. The molecule has 0 fully saturated rings. The van der Waals surface area contributed by atoms with Gasteiger partial charge in [-0.05, 0) is 97.4 Å². The number of hydrogen-bond acceptors (Lipinski definition) is 3. The van der Waals surface area contributed by atoms with Crippen LogP contribution in [0.1, 0.15) is 75.1 Å². The van der Waals surface area contributed by atoms with Gasteiger partial charge in [0.15, 0.2) is 8.32 Å². The lowest BCUT2D eigenvalue weighted by Gasteiger charge is -2.39. The van der Waals surface area contributed by atoms with Crippen LogP contribution >= 0.6 is 11.6 Å². The highest BCUT2D eigenvalue weighted by atomic mass is 35.5. The number of pyridine rings is 1. The Balaban J connectivity index is 1.62. The van der Waals surface area contributed by atoms with Gasteiger partial charge in [-0.15, -0.1) is 0 Å². The van der Waals surface area contributed by atoms with Crippen LogP contribution in [-0.2, 0) is 16.4 Å². The lowest BCUT2D eigenvalue weighted by Crippen LogP contribution is -2.42. The van der Waals surface area contributed by atoms with E-state index in [9.17, 15) is 5.11 Å². The fourth-order valence-electron chi connectivity index (χ4n) is 4.69. The third-order valence-corrected chi connectivity index (χ3v) is 12.7. The Kier molecular flexibility index (Phi) is 9.06. The molecule has 0 radical (unpaired) electrons. The molecule has 4 aromatic rings. The molecule has 0 unspecified atom stereocenters. The van der Waals surface area contributed by atoms with Crippen LogP contribution in [0.15, 0.2) is 78.9 Å². The molecule has 0 aliphatic rings. The van der Waals surface area contributed by atoms with Crippen molar-refractivity contribution in [1.29, 1.82) is 0 Å². The average molecular weight is 572 g/mol. The molecule has 0 aliphatic carbocycles. The Labute approximate surface area is 246 Å². The first-order chi connectivity index (χ1) is 18.7. The van der Waals surface area contributed by atoms with E-state index < -0.39 is 13.9 Å². The van der Waals surface area contributed by atoms with Crippen molar-refractivity contribution in [3.05, 3.63) is 112 Å². The largest absolute Gasteiger partial charge is 0.410 e. The summed E-state index contributed by atoms with van der Waals surface area (Å²) < 4.78 is 7.04. The third-order valence-electron chi connectivity index (χ3n) is 8.00. The second kappa shape index (κ2) is 12.0. The van der Waals surface area contributed by atoms with Gasteiger partial charge in [0.05, 0.1) is 22.9 Å². The number of aromatic nitrogens is 1. The third kappa shape index (κ3) is 7.49. The molecule has 210 valence electrons. The molecule has 40 heavy (non-hydrogen) atoms. The monoisotopic (exact) mass is 571 g/mol. The van der Waals surface area contributed by atoms with Gasteiger partial charge in [0.2, 0.25) is 0 Å². The van der Waals surface area contributed by atoms with Crippen molar-refractivity contribution in [1.82, 2.24) is 4.98 Å². The summed E-state index contributed by atoms with van der Waals surface area (Å²) in [6.07, 6.45) is 5.76. The van der Waals surface area contributed by atoms with E-state index in [2.05, 4.69) is 82.4 Å². The van der Waals surface area contributed by atoms with Crippen LogP contribution < -0.4 is 0 Å². The first-order valence-electron chi connectivity index (χ1n) is 14.1. The van der Waals surface area contributed by atoms with Crippen LogP contribution in [0.5, 0.6) is 0 Å². The van der Waals surface area contributed by atoms with Crippen molar-refractivity contribution in [3.63, 3.8) is 0 Å². The summed E-state index contributed by atoms with van der Waals surface area (Å²) in [6, 6.07) is 26.7. The van der Waals surface area contributed by atoms with Crippen molar-refractivity contribution in [2.45, 2.75) is 77.3 Å². The van der Waals surface area contributed by atoms with E-state index in [0.717, 1.165) is 46.1 Å². The highest BCUT2D eigenvalue weighted by molar-refractivity contribution is 6.74. The second-order valence-corrected chi connectivity index (χ2v) is 17.9. The number of benzene rings is 3. The predicted octanol–water partition coefficient (Wildman–Crippen LogP) is 9.98. The van der Waals surface area contributed by atoms with E-state index in [1.165, 1.54) is 5.56 Å². The molecule has 1 atom stereocenters. The van der Waals surface area contributed by atoms with Crippen LogP contribution in [0.25, 0.3) is 23.1 Å². The minimum Gasteiger partial charge on any atom is -0.410 e. The van der Waals surface area contributed by atoms with E-state index in [4.69, 9.17) is 21.0 Å². The molecule has 1 heterocycles. The smallest absolute Gasteiger partial charge is 0.192 e. The molecule has 0 amide bonds. The number of aryl methyl sites for hydroxylation is 1. The van der Waals surface area contributed by atoms with Gasteiger partial charge in [0, 0.05) is 10.4 Å².